The summed E-state index contributed by atoms with van der Waals surface area (Å²) in [5.74, 6) is -6.82. The second-order valence-corrected chi connectivity index (χ2v) is 26.6. The summed E-state index contributed by atoms with van der Waals surface area (Å²) < 4.78 is 46.7. The van der Waals surface area contributed by atoms with Gasteiger partial charge in [0.2, 0.25) is 0 Å². The van der Waals surface area contributed by atoms with E-state index < -0.39 is 122 Å². The molecule has 1 spiro atoms. The number of carboxylic acid groups (broad SMARTS) is 2. The molecule has 1 unspecified atom stereocenters. The number of esters is 2. The normalized spacial score (nSPS) is 24.2. The number of carbonyl (C=O) groups excluding carboxylic acids is 6. The Bertz CT molecular complexity index is 2270. The van der Waals surface area contributed by atoms with Crippen molar-refractivity contribution in [2.24, 2.45) is 11.8 Å². The van der Waals surface area contributed by atoms with Crippen molar-refractivity contribution in [3.05, 3.63) is 35.1 Å². The van der Waals surface area contributed by atoms with Crippen LogP contribution in [-0.2, 0) is 69.0 Å². The van der Waals surface area contributed by atoms with Gasteiger partial charge >= 0.3 is 36.2 Å². The van der Waals surface area contributed by atoms with Crippen molar-refractivity contribution in [3.63, 3.8) is 0 Å². The van der Waals surface area contributed by atoms with Crippen LogP contribution < -0.4 is 19.8 Å². The van der Waals surface area contributed by atoms with E-state index in [2.05, 4.69) is 44.5 Å². The first kappa shape index (κ1) is 54.1. The maximum atomic E-state index is 14.4. The molecule has 0 aromatic heterocycles. The van der Waals surface area contributed by atoms with Crippen LogP contribution in [0.4, 0.5) is 9.59 Å². The topological polar surface area (TPSA) is 275 Å². The van der Waals surface area contributed by atoms with Crippen molar-refractivity contribution in [2.45, 2.75) is 192 Å². The molecule has 4 N–H and O–H groups in total. The van der Waals surface area contributed by atoms with Crippen LogP contribution in [0.2, 0.25) is 18.1 Å². The van der Waals surface area contributed by atoms with Crippen molar-refractivity contribution in [3.8, 4) is 11.5 Å². The summed E-state index contributed by atoms with van der Waals surface area (Å²) in [5, 5.41) is 24.5. The maximum absolute atomic E-state index is 14.4. The molecule has 69 heavy (non-hydrogen) atoms. The minimum absolute atomic E-state index is 0.00551. The van der Waals surface area contributed by atoms with E-state index >= 15 is 0 Å². The third-order valence-electron chi connectivity index (χ3n) is 13.4. The van der Waals surface area contributed by atoms with Gasteiger partial charge in [0.15, 0.2) is 24.1 Å². The molecule has 1 aromatic rings. The van der Waals surface area contributed by atoms with Crippen LogP contribution in [0.15, 0.2) is 24.0 Å². The third-order valence-corrected chi connectivity index (χ3v) is 17.8. The molecule has 1 heterocycles. The van der Waals surface area contributed by atoms with Crippen LogP contribution in [0.3, 0.4) is 0 Å². The van der Waals surface area contributed by atoms with E-state index in [-0.39, 0.29) is 29.1 Å². The number of amides is 2. The number of hydrogen-bond acceptors (Lipinski definition) is 16. The number of ether oxygens (including phenoxy) is 7. The lowest BCUT2D eigenvalue weighted by Crippen LogP contribution is -2.70. The molecule has 1 aliphatic heterocycles. The smallest absolute Gasteiger partial charge is 0.509 e. The molecule has 382 valence electrons. The summed E-state index contributed by atoms with van der Waals surface area (Å²) in [6.45, 7) is 24.4. The van der Waals surface area contributed by atoms with Gasteiger partial charge in [-0.15, -0.1) is 0 Å². The summed E-state index contributed by atoms with van der Waals surface area (Å²) in [4.78, 5) is 104. The highest BCUT2D eigenvalue weighted by atomic mass is 28.4. The first-order chi connectivity index (χ1) is 31.6. The molecule has 2 bridgehead atoms. The third kappa shape index (κ3) is 11.6. The Morgan fingerprint density at radius 2 is 1.30 bits per heavy atom. The van der Waals surface area contributed by atoms with Crippen LogP contribution in [0.5, 0.6) is 11.5 Å². The Morgan fingerprint density at radius 3 is 1.78 bits per heavy atom. The average molecular weight is 989 g/mol. The predicted molar refractivity (Wildman–Crippen MR) is 245 cm³/mol. The second-order valence-electron chi connectivity index (χ2n) is 21.9. The number of hydrogen-bond donors (Lipinski definition) is 4. The zero-order chi connectivity index (χ0) is 52.0. The van der Waals surface area contributed by atoms with Crippen molar-refractivity contribution < 1.29 is 86.2 Å². The maximum Gasteiger partial charge on any atom is 0.509 e. The fourth-order valence-electron chi connectivity index (χ4n) is 9.16. The average Bonchev–Trinajstić information content (AvgIpc) is 3.54. The lowest BCUT2D eigenvalue weighted by Gasteiger charge is -2.62. The molecule has 21 heteroatoms. The second kappa shape index (κ2) is 19.5. The standard InChI is InChI=1S/C48H68N2O18Si/c1-24-17-19-47-35-27-15-16-31(68-69(13,14)46(10,11)12)36(35)64-37(47)32(63-33(51)22-29(40(55)56)49-38(53)25(2)61-42(59)66-44(4,5)6)18-20-48(47,28(24)21-27)65-34(52)23-30(41(57)58)50-39(54)26(3)62-43(60)67-45(7,8)9/h15-16,18,24-26,28-30,37H,17,19-23H2,1-14H3,(H,49,53)(H,50,54)(H,55,56)(H,57,58)/t24?,25-,26-,28-,29-,30-,37-,47-,48+/m0/s1. The van der Waals surface area contributed by atoms with E-state index in [0.29, 0.717) is 36.3 Å². The summed E-state index contributed by atoms with van der Waals surface area (Å²) in [6.07, 6.45) is -5.28. The molecule has 1 fully saturated rings. The Hall–Kier alpha value is -5.86. The molecule has 9 atom stereocenters. The van der Waals surface area contributed by atoms with Crippen molar-refractivity contribution in [1.29, 1.82) is 0 Å². The SMILES string of the molecule is CC1CC[C@]23c4c5ccc(O[Si](C)(C)C(C)(C)C)c4O[C@H]2C(OC(=O)C[C@H](NC(=O)[C@H](C)OC(=O)OC(C)(C)C)C(=O)O)=CC[C@@]3(OC(=O)C[C@H](NC(=O)[C@H](C)OC(=O)OC(C)(C)C)C(=O)O)[C@H]1C5. The van der Waals surface area contributed by atoms with E-state index in [9.17, 15) is 48.6 Å². The summed E-state index contributed by atoms with van der Waals surface area (Å²) >= 11 is 0. The highest BCUT2D eigenvalue weighted by molar-refractivity contribution is 6.74. The number of benzene rings is 1. The number of nitrogens with one attached hydrogen (secondary N) is 2. The molecule has 4 aliphatic rings. The van der Waals surface area contributed by atoms with Crippen LogP contribution in [0, 0.1) is 11.8 Å². The minimum Gasteiger partial charge on any atom is -0.541 e. The summed E-state index contributed by atoms with van der Waals surface area (Å²) in [5.41, 5.74) is -2.98. The van der Waals surface area contributed by atoms with E-state index in [1.54, 1.807) is 47.6 Å². The Kier molecular flexibility index (Phi) is 15.3. The van der Waals surface area contributed by atoms with Crippen LogP contribution in [-0.4, -0.2) is 114 Å². The first-order valence-electron chi connectivity index (χ1n) is 23.1. The Labute approximate surface area is 402 Å². The zero-order valence-electron chi connectivity index (χ0n) is 41.9. The molecular weight excluding hydrogens is 921 g/mol. The van der Waals surface area contributed by atoms with Gasteiger partial charge in [-0.2, -0.15) is 0 Å². The monoisotopic (exact) mass is 988 g/mol. The van der Waals surface area contributed by atoms with E-state index in [1.807, 2.05) is 19.1 Å². The zero-order valence-corrected chi connectivity index (χ0v) is 42.9. The summed E-state index contributed by atoms with van der Waals surface area (Å²) in [6, 6.07) is 0.176. The van der Waals surface area contributed by atoms with Gasteiger partial charge in [0.25, 0.3) is 20.1 Å². The minimum atomic E-state index is -2.54. The van der Waals surface area contributed by atoms with E-state index in [0.717, 1.165) is 5.56 Å². The predicted octanol–water partition coefficient (Wildman–Crippen LogP) is 6.38. The van der Waals surface area contributed by atoms with Crippen LogP contribution in [0.1, 0.15) is 126 Å². The summed E-state index contributed by atoms with van der Waals surface area (Å²) in [7, 11) is -2.54. The first-order valence-corrected chi connectivity index (χ1v) is 26.0. The number of aliphatic carboxylic acids is 2. The molecular formula is C48H68N2O18Si. The van der Waals surface area contributed by atoms with Crippen LogP contribution in [0.25, 0.3) is 0 Å². The van der Waals surface area contributed by atoms with Gasteiger partial charge in [-0.05, 0) is 116 Å². The van der Waals surface area contributed by atoms with Crippen molar-refractivity contribution in [2.75, 3.05) is 0 Å². The quantitative estimate of drug-likeness (QED) is 0.0794. The van der Waals surface area contributed by atoms with Gasteiger partial charge in [0.05, 0.1) is 18.3 Å². The van der Waals surface area contributed by atoms with Crippen LogP contribution >= 0.6 is 0 Å². The lowest BCUT2D eigenvalue weighted by molar-refractivity contribution is -0.208. The highest BCUT2D eigenvalue weighted by Gasteiger charge is 2.74. The number of carbonyl (C=O) groups is 8. The largest absolute Gasteiger partial charge is 0.541 e. The molecule has 20 nitrogen and oxygen atoms in total. The van der Waals surface area contributed by atoms with Crippen molar-refractivity contribution >= 4 is 56.3 Å². The van der Waals surface area contributed by atoms with Gasteiger partial charge in [0, 0.05) is 17.9 Å². The molecule has 5 rings (SSSR count). The van der Waals surface area contributed by atoms with E-state index in [1.165, 1.54) is 13.8 Å². The number of carboxylic acids is 2. The number of rotatable bonds is 16. The molecule has 2 amide bonds. The Morgan fingerprint density at radius 1 is 0.797 bits per heavy atom. The van der Waals surface area contributed by atoms with Gasteiger partial charge in [0.1, 0.15) is 40.4 Å². The molecule has 1 aromatic carbocycles. The van der Waals surface area contributed by atoms with E-state index in [4.69, 9.17) is 37.6 Å². The molecule has 1 saturated carbocycles. The molecule has 0 radical (unpaired) electrons. The lowest BCUT2D eigenvalue weighted by atomic mass is 9.44. The fourth-order valence-corrected chi connectivity index (χ4v) is 10.2. The van der Waals surface area contributed by atoms with Gasteiger partial charge in [-0.3, -0.25) is 19.2 Å². The molecule has 0 saturated heterocycles. The van der Waals surface area contributed by atoms with Gasteiger partial charge in [-0.25, -0.2) is 19.2 Å². The molecule has 3 aliphatic carbocycles. The highest BCUT2D eigenvalue weighted by Crippen LogP contribution is 2.70. The Balaban J connectivity index is 1.49. The fraction of sp³-hybridized carbons (Fsp3) is 0.667. The van der Waals surface area contributed by atoms with Gasteiger partial charge < -0.3 is 58.4 Å². The van der Waals surface area contributed by atoms with Gasteiger partial charge in [-0.1, -0.05) is 33.8 Å². The van der Waals surface area contributed by atoms with Crippen molar-refractivity contribution in [1.82, 2.24) is 10.6 Å².